The summed E-state index contributed by atoms with van der Waals surface area (Å²) in [5.41, 5.74) is 7.29. The quantitative estimate of drug-likeness (QED) is 0.863. The predicted octanol–water partition coefficient (Wildman–Crippen LogP) is 2.57. The molecule has 0 aliphatic rings. The number of benzene rings is 1. The van der Waals surface area contributed by atoms with Crippen molar-refractivity contribution in [3.05, 3.63) is 35.1 Å². The van der Waals surface area contributed by atoms with E-state index in [2.05, 4.69) is 0 Å². The standard InChI is InChI=1S/C12H18FNO.ClH/c1-8-4-5-9(13)6-10(8)11(14)12(2,3)7-15;/h4-6,11,15H,7,14H2,1-3H3;1H/t11-;/m1./s1. The monoisotopic (exact) mass is 247 g/mol. The van der Waals surface area contributed by atoms with Crippen LogP contribution in [0.5, 0.6) is 0 Å². The largest absolute Gasteiger partial charge is 0.396 e. The zero-order valence-electron chi connectivity index (χ0n) is 9.83. The summed E-state index contributed by atoms with van der Waals surface area (Å²) in [6, 6.07) is 4.20. The first-order valence-corrected chi connectivity index (χ1v) is 5.01. The highest BCUT2D eigenvalue weighted by Crippen LogP contribution is 2.32. The smallest absolute Gasteiger partial charge is 0.123 e. The summed E-state index contributed by atoms with van der Waals surface area (Å²) in [7, 11) is 0. The van der Waals surface area contributed by atoms with Crippen LogP contribution in [0.2, 0.25) is 0 Å². The minimum Gasteiger partial charge on any atom is -0.396 e. The predicted molar refractivity (Wildman–Crippen MR) is 66.2 cm³/mol. The molecule has 0 aliphatic heterocycles. The molecule has 0 spiro atoms. The van der Waals surface area contributed by atoms with Crippen LogP contribution >= 0.6 is 12.4 Å². The Morgan fingerprint density at radius 1 is 1.44 bits per heavy atom. The average molecular weight is 248 g/mol. The van der Waals surface area contributed by atoms with Crippen LogP contribution in [-0.4, -0.2) is 11.7 Å². The molecule has 0 radical (unpaired) electrons. The highest BCUT2D eigenvalue weighted by molar-refractivity contribution is 5.85. The number of halogens is 2. The lowest BCUT2D eigenvalue weighted by Gasteiger charge is -2.30. The molecule has 0 saturated heterocycles. The SMILES string of the molecule is Cc1ccc(F)cc1[C@@H](N)C(C)(C)CO.Cl. The fraction of sp³-hybridized carbons (Fsp3) is 0.500. The first-order chi connectivity index (χ1) is 6.88. The van der Waals surface area contributed by atoms with Crippen LogP contribution in [0.3, 0.4) is 0 Å². The van der Waals surface area contributed by atoms with Gasteiger partial charge >= 0.3 is 0 Å². The summed E-state index contributed by atoms with van der Waals surface area (Å²) in [6.45, 7) is 5.59. The number of aliphatic hydroxyl groups excluding tert-OH is 1. The third kappa shape index (κ3) is 3.17. The van der Waals surface area contributed by atoms with Gasteiger partial charge in [-0.15, -0.1) is 12.4 Å². The van der Waals surface area contributed by atoms with Crippen molar-refractivity contribution in [3.8, 4) is 0 Å². The molecular weight excluding hydrogens is 229 g/mol. The second-order valence-corrected chi connectivity index (χ2v) is 4.63. The molecule has 1 atom stereocenters. The molecule has 92 valence electrons. The molecule has 0 aromatic heterocycles. The maximum absolute atomic E-state index is 13.1. The van der Waals surface area contributed by atoms with Crippen LogP contribution in [0, 0.1) is 18.2 Å². The lowest BCUT2D eigenvalue weighted by atomic mass is 9.80. The molecular formula is C12H19ClFNO. The lowest BCUT2D eigenvalue weighted by Crippen LogP contribution is -2.33. The van der Waals surface area contributed by atoms with Crippen molar-refractivity contribution in [2.24, 2.45) is 11.1 Å². The topological polar surface area (TPSA) is 46.2 Å². The number of aryl methyl sites for hydroxylation is 1. The van der Waals surface area contributed by atoms with Gasteiger partial charge in [0.15, 0.2) is 0 Å². The van der Waals surface area contributed by atoms with E-state index in [-0.39, 0.29) is 30.9 Å². The average Bonchev–Trinajstić information content (AvgIpc) is 2.20. The Bertz CT molecular complexity index is 355. The summed E-state index contributed by atoms with van der Waals surface area (Å²) < 4.78 is 13.1. The van der Waals surface area contributed by atoms with Gasteiger partial charge in [-0.1, -0.05) is 19.9 Å². The fourth-order valence-corrected chi connectivity index (χ4v) is 1.47. The Kier molecular flexibility index (Phi) is 5.39. The second kappa shape index (κ2) is 5.62. The van der Waals surface area contributed by atoms with Gasteiger partial charge in [0.05, 0.1) is 0 Å². The van der Waals surface area contributed by atoms with Crippen molar-refractivity contribution < 1.29 is 9.50 Å². The Balaban J connectivity index is 0.00000225. The van der Waals surface area contributed by atoms with E-state index in [1.807, 2.05) is 20.8 Å². The van der Waals surface area contributed by atoms with E-state index in [1.165, 1.54) is 12.1 Å². The van der Waals surface area contributed by atoms with Crippen LogP contribution in [0.25, 0.3) is 0 Å². The minimum absolute atomic E-state index is 0. The molecule has 4 heteroatoms. The summed E-state index contributed by atoms with van der Waals surface area (Å²) in [4.78, 5) is 0. The third-order valence-electron chi connectivity index (χ3n) is 2.83. The normalized spacial score (nSPS) is 13.1. The summed E-state index contributed by atoms with van der Waals surface area (Å²) in [5, 5.41) is 9.21. The van der Waals surface area contributed by atoms with Gasteiger partial charge in [0.1, 0.15) is 5.82 Å². The van der Waals surface area contributed by atoms with Gasteiger partial charge in [-0.3, -0.25) is 0 Å². The number of rotatable bonds is 3. The van der Waals surface area contributed by atoms with E-state index in [1.54, 1.807) is 6.07 Å². The van der Waals surface area contributed by atoms with E-state index in [4.69, 9.17) is 5.73 Å². The highest BCUT2D eigenvalue weighted by atomic mass is 35.5. The van der Waals surface area contributed by atoms with E-state index >= 15 is 0 Å². The van der Waals surface area contributed by atoms with Crippen LogP contribution in [-0.2, 0) is 0 Å². The van der Waals surface area contributed by atoms with E-state index < -0.39 is 5.41 Å². The molecule has 0 saturated carbocycles. The number of hydrogen-bond donors (Lipinski definition) is 2. The number of aliphatic hydroxyl groups is 1. The van der Waals surface area contributed by atoms with E-state index in [0.29, 0.717) is 0 Å². The van der Waals surface area contributed by atoms with Crippen molar-refractivity contribution >= 4 is 12.4 Å². The maximum atomic E-state index is 13.1. The molecule has 1 rings (SSSR count). The number of nitrogens with two attached hydrogens (primary N) is 1. The van der Waals surface area contributed by atoms with Gasteiger partial charge in [-0.25, -0.2) is 4.39 Å². The molecule has 0 heterocycles. The van der Waals surface area contributed by atoms with Crippen LogP contribution in [0.1, 0.15) is 31.0 Å². The maximum Gasteiger partial charge on any atom is 0.123 e. The van der Waals surface area contributed by atoms with Gasteiger partial charge in [-0.05, 0) is 30.2 Å². The van der Waals surface area contributed by atoms with Gasteiger partial charge in [0.2, 0.25) is 0 Å². The number of hydrogen-bond acceptors (Lipinski definition) is 2. The molecule has 0 bridgehead atoms. The van der Waals surface area contributed by atoms with Crippen molar-refractivity contribution in [1.82, 2.24) is 0 Å². The molecule has 0 fully saturated rings. The van der Waals surface area contributed by atoms with Gasteiger partial charge in [-0.2, -0.15) is 0 Å². The minimum atomic E-state index is -0.446. The van der Waals surface area contributed by atoms with E-state index in [0.717, 1.165) is 11.1 Å². The first kappa shape index (κ1) is 15.4. The van der Waals surface area contributed by atoms with Crippen molar-refractivity contribution in [3.63, 3.8) is 0 Å². The van der Waals surface area contributed by atoms with Crippen molar-refractivity contribution in [2.45, 2.75) is 26.8 Å². The molecule has 16 heavy (non-hydrogen) atoms. The molecule has 0 aliphatic carbocycles. The zero-order valence-corrected chi connectivity index (χ0v) is 10.6. The first-order valence-electron chi connectivity index (χ1n) is 5.01. The highest BCUT2D eigenvalue weighted by Gasteiger charge is 2.28. The Morgan fingerprint density at radius 2 is 2.00 bits per heavy atom. The van der Waals surface area contributed by atoms with Crippen LogP contribution in [0.4, 0.5) is 4.39 Å². The lowest BCUT2D eigenvalue weighted by molar-refractivity contribution is 0.132. The van der Waals surface area contributed by atoms with Gasteiger partial charge < -0.3 is 10.8 Å². The molecule has 1 aromatic rings. The molecule has 3 N–H and O–H groups in total. The molecule has 0 unspecified atom stereocenters. The van der Waals surface area contributed by atoms with Crippen LogP contribution < -0.4 is 5.73 Å². The molecule has 0 amide bonds. The second-order valence-electron chi connectivity index (χ2n) is 4.63. The Morgan fingerprint density at radius 3 is 2.50 bits per heavy atom. The van der Waals surface area contributed by atoms with Crippen LogP contribution in [0.15, 0.2) is 18.2 Å². The van der Waals surface area contributed by atoms with Gasteiger partial charge in [0, 0.05) is 18.1 Å². The Hall–Kier alpha value is -0.640. The fourth-order valence-electron chi connectivity index (χ4n) is 1.47. The summed E-state index contributed by atoms with van der Waals surface area (Å²) in [6.07, 6.45) is 0. The summed E-state index contributed by atoms with van der Waals surface area (Å²) >= 11 is 0. The van der Waals surface area contributed by atoms with Crippen molar-refractivity contribution in [1.29, 1.82) is 0 Å². The van der Waals surface area contributed by atoms with Gasteiger partial charge in [0.25, 0.3) is 0 Å². The summed E-state index contributed by atoms with van der Waals surface area (Å²) in [5.74, 6) is -0.292. The van der Waals surface area contributed by atoms with E-state index in [9.17, 15) is 9.50 Å². The van der Waals surface area contributed by atoms with Crippen molar-refractivity contribution in [2.75, 3.05) is 6.61 Å². The Labute approximate surface area is 102 Å². The zero-order chi connectivity index (χ0) is 11.6. The third-order valence-corrected chi connectivity index (χ3v) is 2.83. The molecule has 2 nitrogen and oxygen atoms in total. The molecule has 1 aromatic carbocycles.